The van der Waals surface area contributed by atoms with Crippen LogP contribution in [0.5, 0.6) is 0 Å². The van der Waals surface area contributed by atoms with Crippen LogP contribution in [0.3, 0.4) is 0 Å². The second-order valence-electron chi connectivity index (χ2n) is 8.65. The number of carbonyl (C=O) groups excluding carboxylic acids is 2. The van der Waals surface area contributed by atoms with Gasteiger partial charge < -0.3 is 14.8 Å². The second kappa shape index (κ2) is 9.96. The largest absolute Gasteiger partial charge is 0.441 e. The molecule has 12 heteroatoms. The third-order valence-corrected chi connectivity index (χ3v) is 6.37. The molecule has 0 aliphatic heterocycles. The average molecular weight is 500 g/mol. The molecule has 3 aromatic heterocycles. The van der Waals surface area contributed by atoms with Crippen LogP contribution >= 0.6 is 11.6 Å². The van der Waals surface area contributed by atoms with Gasteiger partial charge in [-0.15, -0.1) is 5.10 Å². The molecule has 0 aromatic carbocycles. The van der Waals surface area contributed by atoms with Crippen LogP contribution in [0.4, 0.5) is 16.3 Å². The number of nitrogens with zero attached hydrogens (tertiary/aromatic N) is 5. The minimum atomic E-state index is -0.712. The number of carbonyl (C=O) groups is 2. The minimum Gasteiger partial charge on any atom is -0.441 e. The number of hydrogen-bond acceptors (Lipinski definition) is 8. The van der Waals surface area contributed by atoms with Crippen molar-refractivity contribution in [3.05, 3.63) is 47.4 Å². The fourth-order valence-corrected chi connectivity index (χ4v) is 4.18. The number of methoxy groups -OCH3 is 1. The van der Waals surface area contributed by atoms with Gasteiger partial charge >= 0.3 is 6.09 Å². The van der Waals surface area contributed by atoms with E-state index in [1.807, 2.05) is 6.92 Å². The van der Waals surface area contributed by atoms with Crippen molar-refractivity contribution >= 4 is 35.1 Å². The molecule has 0 unspecified atom stereocenters. The summed E-state index contributed by atoms with van der Waals surface area (Å²) in [5.41, 5.74) is 1.72. The standard InChI is InChI=1S/C23H26ClN7O4/c1-13(16-6-5-9-25-19(16)24)35-22(33)28-20-18(29-30-31(20)3)17-8-7-15(12-26-17)27-21(32)14-10-23(2,11-14)34-4/h5-9,12-14H,10-11H2,1-4H3,(H,27,32)(H,28,33)/t13-,14?,23?/m1/s1. The molecule has 0 bridgehead atoms. The van der Waals surface area contributed by atoms with Gasteiger partial charge in [-0.2, -0.15) is 0 Å². The predicted octanol–water partition coefficient (Wildman–Crippen LogP) is 3.99. The van der Waals surface area contributed by atoms with E-state index in [1.165, 1.54) is 10.9 Å². The quantitative estimate of drug-likeness (QED) is 0.466. The van der Waals surface area contributed by atoms with E-state index in [-0.39, 0.29) is 22.6 Å². The lowest BCUT2D eigenvalue weighted by molar-refractivity contribution is -0.138. The van der Waals surface area contributed by atoms with Crippen molar-refractivity contribution in [1.29, 1.82) is 0 Å². The Labute approximate surface area is 207 Å². The zero-order chi connectivity index (χ0) is 25.2. The van der Waals surface area contributed by atoms with E-state index in [4.69, 9.17) is 21.1 Å². The van der Waals surface area contributed by atoms with E-state index in [0.29, 0.717) is 41.3 Å². The molecule has 1 saturated carbocycles. The molecule has 1 atom stereocenters. The molecule has 1 aliphatic rings. The number of anilines is 2. The van der Waals surface area contributed by atoms with Gasteiger partial charge in [-0.3, -0.25) is 15.1 Å². The van der Waals surface area contributed by atoms with Crippen LogP contribution in [-0.4, -0.2) is 49.7 Å². The molecule has 184 valence electrons. The highest BCUT2D eigenvalue weighted by Gasteiger charge is 2.44. The van der Waals surface area contributed by atoms with Gasteiger partial charge in [0.2, 0.25) is 5.91 Å². The summed E-state index contributed by atoms with van der Waals surface area (Å²) in [4.78, 5) is 33.4. The van der Waals surface area contributed by atoms with Gasteiger partial charge in [0.15, 0.2) is 11.5 Å². The third kappa shape index (κ3) is 5.41. The number of hydrogen-bond donors (Lipinski definition) is 2. The first-order valence-electron chi connectivity index (χ1n) is 11.0. The number of pyridine rings is 2. The first-order chi connectivity index (χ1) is 16.7. The topological polar surface area (TPSA) is 133 Å². The maximum absolute atomic E-state index is 12.5. The number of aromatic nitrogens is 5. The summed E-state index contributed by atoms with van der Waals surface area (Å²) in [5.74, 6) is 0.143. The molecule has 4 rings (SSSR count). The Morgan fingerprint density at radius 3 is 2.66 bits per heavy atom. The van der Waals surface area contributed by atoms with Crippen molar-refractivity contribution in [3.63, 3.8) is 0 Å². The Kier molecular flexibility index (Phi) is 6.99. The maximum Gasteiger partial charge on any atom is 0.413 e. The van der Waals surface area contributed by atoms with Gasteiger partial charge in [-0.05, 0) is 44.9 Å². The molecule has 1 fully saturated rings. The number of aryl methyl sites for hydroxylation is 1. The fourth-order valence-electron chi connectivity index (χ4n) is 3.91. The molecule has 0 radical (unpaired) electrons. The number of amides is 2. The lowest BCUT2D eigenvalue weighted by atomic mass is 9.71. The summed E-state index contributed by atoms with van der Waals surface area (Å²) in [6.07, 6.45) is 3.11. The van der Waals surface area contributed by atoms with E-state index in [2.05, 4.69) is 30.9 Å². The molecular formula is C23H26ClN7O4. The van der Waals surface area contributed by atoms with Crippen molar-refractivity contribution < 1.29 is 19.1 Å². The number of ether oxygens (including phenoxy) is 2. The molecule has 11 nitrogen and oxygen atoms in total. The monoisotopic (exact) mass is 499 g/mol. The van der Waals surface area contributed by atoms with E-state index in [9.17, 15) is 9.59 Å². The zero-order valence-electron chi connectivity index (χ0n) is 19.8. The molecule has 2 amide bonds. The van der Waals surface area contributed by atoms with Crippen LogP contribution in [0.15, 0.2) is 36.7 Å². The van der Waals surface area contributed by atoms with E-state index < -0.39 is 12.2 Å². The Morgan fingerprint density at radius 2 is 2.00 bits per heavy atom. The van der Waals surface area contributed by atoms with Crippen molar-refractivity contribution in [2.45, 2.75) is 38.4 Å². The smallest absolute Gasteiger partial charge is 0.413 e. The number of halogens is 1. The second-order valence-corrected chi connectivity index (χ2v) is 9.00. The molecule has 0 saturated heterocycles. The summed E-state index contributed by atoms with van der Waals surface area (Å²) in [6.45, 7) is 3.68. The summed E-state index contributed by atoms with van der Waals surface area (Å²) < 4.78 is 12.2. The van der Waals surface area contributed by atoms with Gasteiger partial charge in [0, 0.05) is 31.8 Å². The summed E-state index contributed by atoms with van der Waals surface area (Å²) in [5, 5.41) is 13.9. The minimum absolute atomic E-state index is 0.0680. The molecule has 3 aromatic rings. The van der Waals surface area contributed by atoms with E-state index in [1.54, 1.807) is 51.5 Å². The van der Waals surface area contributed by atoms with Crippen LogP contribution in [0.25, 0.3) is 11.4 Å². The summed E-state index contributed by atoms with van der Waals surface area (Å²) >= 11 is 6.08. The van der Waals surface area contributed by atoms with Crippen molar-refractivity contribution in [3.8, 4) is 11.4 Å². The molecule has 1 aliphatic carbocycles. The van der Waals surface area contributed by atoms with Crippen molar-refractivity contribution in [2.24, 2.45) is 13.0 Å². The van der Waals surface area contributed by atoms with E-state index >= 15 is 0 Å². The highest BCUT2D eigenvalue weighted by Crippen LogP contribution is 2.40. The zero-order valence-corrected chi connectivity index (χ0v) is 20.5. The normalized spacial score (nSPS) is 20.0. The van der Waals surface area contributed by atoms with Crippen LogP contribution in [0, 0.1) is 5.92 Å². The molecule has 35 heavy (non-hydrogen) atoms. The summed E-state index contributed by atoms with van der Waals surface area (Å²) in [6, 6.07) is 6.85. The highest BCUT2D eigenvalue weighted by atomic mass is 35.5. The number of nitrogens with one attached hydrogen (secondary N) is 2. The van der Waals surface area contributed by atoms with Gasteiger partial charge in [0.1, 0.15) is 11.3 Å². The van der Waals surface area contributed by atoms with Crippen molar-refractivity contribution in [2.75, 3.05) is 17.7 Å². The van der Waals surface area contributed by atoms with Crippen molar-refractivity contribution in [1.82, 2.24) is 25.0 Å². The average Bonchev–Trinajstić information content (AvgIpc) is 3.17. The van der Waals surface area contributed by atoms with Crippen LogP contribution in [-0.2, 0) is 21.3 Å². The molecule has 2 N–H and O–H groups in total. The van der Waals surface area contributed by atoms with Crippen LogP contribution in [0.1, 0.15) is 38.4 Å². The Bertz CT molecular complexity index is 1220. The SMILES string of the molecule is COC1(C)CC(C(=O)Nc2ccc(-c3nnn(C)c3NC(=O)O[C@H](C)c3cccnc3Cl)nc2)C1. The van der Waals surface area contributed by atoms with Crippen LogP contribution in [0.2, 0.25) is 5.15 Å². The maximum atomic E-state index is 12.5. The molecular weight excluding hydrogens is 474 g/mol. The lowest BCUT2D eigenvalue weighted by Gasteiger charge is -2.42. The first-order valence-corrected chi connectivity index (χ1v) is 11.4. The Hall–Kier alpha value is -3.57. The predicted molar refractivity (Wildman–Crippen MR) is 129 cm³/mol. The van der Waals surface area contributed by atoms with Crippen LogP contribution < -0.4 is 10.6 Å². The lowest BCUT2D eigenvalue weighted by Crippen LogP contribution is -2.47. The van der Waals surface area contributed by atoms with Gasteiger partial charge in [-0.25, -0.2) is 14.5 Å². The Morgan fingerprint density at radius 1 is 1.23 bits per heavy atom. The molecule has 0 spiro atoms. The first kappa shape index (κ1) is 24.6. The van der Waals surface area contributed by atoms with Gasteiger partial charge in [0.25, 0.3) is 0 Å². The Balaban J connectivity index is 1.40. The third-order valence-electron chi connectivity index (χ3n) is 6.05. The van der Waals surface area contributed by atoms with E-state index in [0.717, 1.165) is 0 Å². The highest BCUT2D eigenvalue weighted by molar-refractivity contribution is 6.30. The number of rotatable bonds is 7. The van der Waals surface area contributed by atoms with Gasteiger partial charge in [0.05, 0.1) is 23.2 Å². The molecule has 3 heterocycles. The fraction of sp³-hybridized carbons (Fsp3) is 0.391. The summed E-state index contributed by atoms with van der Waals surface area (Å²) in [7, 11) is 3.29. The van der Waals surface area contributed by atoms with Gasteiger partial charge in [-0.1, -0.05) is 22.9 Å².